The number of aryl methyl sites for hydroxylation is 1. The van der Waals surface area contributed by atoms with Crippen molar-refractivity contribution in [1.82, 2.24) is 9.62 Å². The Morgan fingerprint density at radius 2 is 1.67 bits per heavy atom. The molecule has 1 atom stereocenters. The number of hydrogen-bond acceptors (Lipinski definition) is 6. The normalized spacial score (nSPS) is 15.5. The van der Waals surface area contributed by atoms with Crippen LogP contribution in [0.3, 0.4) is 0 Å². The maximum absolute atomic E-state index is 12.9. The SMILES string of the molecule is COc1ccc(C(C)NC(=O)COc2ccc(S(=O)(=O)N3CCCCC3)cc2C)cc1OC. The second-order valence-electron chi connectivity index (χ2n) is 8.08. The fraction of sp³-hybridized carbons (Fsp3) is 0.458. The van der Waals surface area contributed by atoms with Crippen molar-refractivity contribution in [2.24, 2.45) is 0 Å². The van der Waals surface area contributed by atoms with Crippen LogP contribution >= 0.6 is 0 Å². The maximum atomic E-state index is 12.9. The molecule has 0 bridgehead atoms. The smallest absolute Gasteiger partial charge is 0.258 e. The topological polar surface area (TPSA) is 94.2 Å². The highest BCUT2D eigenvalue weighted by Gasteiger charge is 2.26. The van der Waals surface area contributed by atoms with Crippen LogP contribution in [0.2, 0.25) is 0 Å². The summed E-state index contributed by atoms with van der Waals surface area (Å²) in [6, 6.07) is 9.95. The van der Waals surface area contributed by atoms with Crippen LogP contribution in [0.15, 0.2) is 41.3 Å². The van der Waals surface area contributed by atoms with Gasteiger partial charge in [-0.3, -0.25) is 4.79 Å². The van der Waals surface area contributed by atoms with Crippen LogP contribution < -0.4 is 19.5 Å². The molecule has 1 amide bonds. The molecule has 0 radical (unpaired) electrons. The Bertz CT molecular complexity index is 1080. The van der Waals surface area contributed by atoms with E-state index in [4.69, 9.17) is 14.2 Å². The molecule has 9 heteroatoms. The number of nitrogens with one attached hydrogen (secondary N) is 1. The number of hydrogen-bond donors (Lipinski definition) is 1. The number of carbonyl (C=O) groups is 1. The Morgan fingerprint density at radius 3 is 2.30 bits per heavy atom. The fourth-order valence-corrected chi connectivity index (χ4v) is 5.43. The third-order valence-electron chi connectivity index (χ3n) is 5.74. The van der Waals surface area contributed by atoms with Crippen molar-refractivity contribution in [3.05, 3.63) is 47.5 Å². The monoisotopic (exact) mass is 476 g/mol. The Balaban J connectivity index is 1.60. The molecule has 0 saturated carbocycles. The van der Waals surface area contributed by atoms with E-state index in [2.05, 4.69) is 5.32 Å². The van der Waals surface area contributed by atoms with Crippen molar-refractivity contribution in [3.8, 4) is 17.2 Å². The minimum Gasteiger partial charge on any atom is -0.493 e. The Kier molecular flexibility index (Phi) is 8.20. The third kappa shape index (κ3) is 5.97. The van der Waals surface area contributed by atoms with E-state index in [-0.39, 0.29) is 23.5 Å². The molecule has 2 aromatic carbocycles. The molecule has 1 aliphatic rings. The highest BCUT2D eigenvalue weighted by molar-refractivity contribution is 7.89. The van der Waals surface area contributed by atoms with Gasteiger partial charge in [0.05, 0.1) is 25.2 Å². The maximum Gasteiger partial charge on any atom is 0.258 e. The summed E-state index contributed by atoms with van der Waals surface area (Å²) < 4.78 is 43.5. The molecular formula is C24H32N2O6S. The van der Waals surface area contributed by atoms with E-state index in [0.29, 0.717) is 35.9 Å². The molecule has 1 saturated heterocycles. The minimum atomic E-state index is -3.51. The van der Waals surface area contributed by atoms with Crippen molar-refractivity contribution in [2.45, 2.75) is 44.0 Å². The lowest BCUT2D eigenvalue weighted by Crippen LogP contribution is -2.35. The molecule has 0 aliphatic carbocycles. The van der Waals surface area contributed by atoms with Crippen LogP contribution in [-0.2, 0) is 14.8 Å². The average molecular weight is 477 g/mol. The molecule has 2 aromatic rings. The lowest BCUT2D eigenvalue weighted by atomic mass is 10.1. The van der Waals surface area contributed by atoms with Crippen molar-refractivity contribution in [1.29, 1.82) is 0 Å². The van der Waals surface area contributed by atoms with Gasteiger partial charge in [-0.2, -0.15) is 4.31 Å². The molecule has 1 N–H and O–H groups in total. The molecule has 3 rings (SSSR count). The number of methoxy groups -OCH3 is 2. The summed E-state index contributed by atoms with van der Waals surface area (Å²) in [5.41, 5.74) is 1.53. The second kappa shape index (κ2) is 10.9. The van der Waals surface area contributed by atoms with Gasteiger partial charge in [0.2, 0.25) is 10.0 Å². The summed E-state index contributed by atoms with van der Waals surface area (Å²) in [4.78, 5) is 12.7. The van der Waals surface area contributed by atoms with Gasteiger partial charge < -0.3 is 19.5 Å². The number of carbonyl (C=O) groups excluding carboxylic acids is 1. The number of nitrogens with zero attached hydrogens (tertiary/aromatic N) is 1. The molecule has 0 aromatic heterocycles. The molecule has 8 nitrogen and oxygen atoms in total. The highest BCUT2D eigenvalue weighted by Crippen LogP contribution is 2.30. The Labute approximate surface area is 195 Å². The first-order chi connectivity index (χ1) is 15.8. The summed E-state index contributed by atoms with van der Waals surface area (Å²) >= 11 is 0. The quantitative estimate of drug-likeness (QED) is 0.596. The van der Waals surface area contributed by atoms with Crippen molar-refractivity contribution in [2.75, 3.05) is 33.9 Å². The fourth-order valence-electron chi connectivity index (χ4n) is 3.83. The van der Waals surface area contributed by atoms with E-state index < -0.39 is 10.0 Å². The summed E-state index contributed by atoms with van der Waals surface area (Å²) in [6.45, 7) is 4.56. The minimum absolute atomic E-state index is 0.184. The average Bonchev–Trinajstić information content (AvgIpc) is 2.83. The lowest BCUT2D eigenvalue weighted by molar-refractivity contribution is -0.123. The van der Waals surface area contributed by atoms with Gasteiger partial charge in [0.15, 0.2) is 18.1 Å². The summed E-state index contributed by atoms with van der Waals surface area (Å²) in [6.07, 6.45) is 2.83. The number of piperidine rings is 1. The molecule has 0 spiro atoms. The first-order valence-corrected chi connectivity index (χ1v) is 12.4. The van der Waals surface area contributed by atoms with Crippen molar-refractivity contribution in [3.63, 3.8) is 0 Å². The number of rotatable bonds is 9. The van der Waals surface area contributed by atoms with Crippen molar-refractivity contribution < 1.29 is 27.4 Å². The number of benzene rings is 2. The van der Waals surface area contributed by atoms with Crippen LogP contribution in [0.4, 0.5) is 0 Å². The van der Waals surface area contributed by atoms with Crippen LogP contribution in [0.1, 0.15) is 43.4 Å². The number of ether oxygens (including phenoxy) is 3. The Hall–Kier alpha value is -2.78. The summed E-state index contributed by atoms with van der Waals surface area (Å²) in [7, 11) is -0.384. The number of amides is 1. The van der Waals surface area contributed by atoms with Crippen molar-refractivity contribution >= 4 is 15.9 Å². The zero-order valence-corrected chi connectivity index (χ0v) is 20.4. The molecule has 1 fully saturated rings. The molecule has 180 valence electrons. The largest absolute Gasteiger partial charge is 0.493 e. The first kappa shape index (κ1) is 24.9. The molecule has 33 heavy (non-hydrogen) atoms. The van der Waals surface area contributed by atoms with Gasteiger partial charge in [-0.05, 0) is 68.1 Å². The van der Waals surface area contributed by atoms with E-state index in [9.17, 15) is 13.2 Å². The van der Waals surface area contributed by atoms with Crippen LogP contribution in [-0.4, -0.2) is 52.5 Å². The van der Waals surface area contributed by atoms with E-state index >= 15 is 0 Å². The standard InChI is InChI=1S/C24H32N2O6S/c1-17-14-20(33(28,29)26-12-6-5-7-13-26)9-11-21(17)32-16-24(27)25-18(2)19-8-10-22(30-3)23(15-19)31-4/h8-11,14-15,18H,5-7,12-13,16H2,1-4H3,(H,25,27). The summed E-state index contributed by atoms with van der Waals surface area (Å²) in [5.74, 6) is 1.38. The predicted octanol–water partition coefficient (Wildman–Crippen LogP) is 3.44. The lowest BCUT2D eigenvalue weighted by Gasteiger charge is -2.26. The van der Waals surface area contributed by atoms with Gasteiger partial charge in [-0.25, -0.2) is 8.42 Å². The highest BCUT2D eigenvalue weighted by atomic mass is 32.2. The van der Waals surface area contributed by atoms with E-state index in [1.807, 2.05) is 19.1 Å². The van der Waals surface area contributed by atoms with Gasteiger partial charge in [-0.15, -0.1) is 0 Å². The van der Waals surface area contributed by atoms with Crippen LogP contribution in [0.25, 0.3) is 0 Å². The van der Waals surface area contributed by atoms with Gasteiger partial charge in [-0.1, -0.05) is 12.5 Å². The van der Waals surface area contributed by atoms with E-state index in [1.54, 1.807) is 39.3 Å². The third-order valence-corrected chi connectivity index (χ3v) is 7.64. The van der Waals surface area contributed by atoms with Gasteiger partial charge in [0.1, 0.15) is 5.75 Å². The molecule has 1 heterocycles. The predicted molar refractivity (Wildman–Crippen MR) is 125 cm³/mol. The van der Waals surface area contributed by atoms with Crippen LogP contribution in [0.5, 0.6) is 17.2 Å². The zero-order valence-electron chi connectivity index (χ0n) is 19.6. The van der Waals surface area contributed by atoms with Crippen LogP contribution in [0, 0.1) is 6.92 Å². The van der Waals surface area contributed by atoms with Gasteiger partial charge in [0, 0.05) is 13.1 Å². The first-order valence-electron chi connectivity index (χ1n) is 11.0. The van der Waals surface area contributed by atoms with E-state index in [0.717, 1.165) is 24.8 Å². The molecular weight excluding hydrogens is 444 g/mol. The van der Waals surface area contributed by atoms with E-state index in [1.165, 1.54) is 10.4 Å². The summed E-state index contributed by atoms with van der Waals surface area (Å²) in [5, 5.41) is 2.89. The second-order valence-corrected chi connectivity index (χ2v) is 10.0. The Morgan fingerprint density at radius 1 is 1.00 bits per heavy atom. The van der Waals surface area contributed by atoms with Gasteiger partial charge >= 0.3 is 0 Å². The molecule has 1 aliphatic heterocycles. The molecule has 1 unspecified atom stereocenters. The number of sulfonamides is 1. The zero-order chi connectivity index (χ0) is 24.0. The van der Waals surface area contributed by atoms with Gasteiger partial charge in [0.25, 0.3) is 5.91 Å².